The van der Waals surface area contributed by atoms with Gasteiger partial charge in [-0.1, -0.05) is 54.1 Å². The Bertz CT molecular complexity index is 812. The Morgan fingerprint density at radius 2 is 1.72 bits per heavy atom. The normalized spacial score (nSPS) is 10.4. The molecule has 0 saturated carbocycles. The molecule has 6 heteroatoms. The Morgan fingerprint density at radius 3 is 2.40 bits per heavy atom. The van der Waals surface area contributed by atoms with Gasteiger partial charge >= 0.3 is 6.03 Å². The first-order valence-electron chi connectivity index (χ1n) is 8.16. The van der Waals surface area contributed by atoms with Crippen molar-refractivity contribution in [2.24, 2.45) is 0 Å². The molecule has 0 aliphatic heterocycles. The van der Waals surface area contributed by atoms with Crippen LogP contribution in [-0.2, 0) is 19.6 Å². The third-order valence-electron chi connectivity index (χ3n) is 3.82. The maximum Gasteiger partial charge on any atom is 0.315 e. The van der Waals surface area contributed by atoms with E-state index in [0.717, 1.165) is 16.7 Å². The standard InChI is InChI=1S/C19H21N5O/c1-15-3-2-4-18(9-15)11-22-19(25)21-10-16-5-7-17(8-6-16)12-24-14-20-13-23-24/h2-9,13-14H,10-12H2,1H3,(H2,21,22,25). The fraction of sp³-hybridized carbons (Fsp3) is 0.211. The van der Waals surface area contributed by atoms with E-state index in [1.807, 2.05) is 49.4 Å². The Hall–Kier alpha value is -3.15. The van der Waals surface area contributed by atoms with E-state index in [-0.39, 0.29) is 6.03 Å². The van der Waals surface area contributed by atoms with Crippen LogP contribution in [0.4, 0.5) is 4.79 Å². The second kappa shape index (κ2) is 8.10. The first kappa shape index (κ1) is 16.7. The van der Waals surface area contributed by atoms with Crippen LogP contribution in [0.3, 0.4) is 0 Å². The average molecular weight is 335 g/mol. The van der Waals surface area contributed by atoms with Crippen LogP contribution in [0.1, 0.15) is 22.3 Å². The Labute approximate surface area is 146 Å². The fourth-order valence-corrected chi connectivity index (χ4v) is 2.51. The molecule has 0 atom stereocenters. The number of aromatic nitrogens is 3. The van der Waals surface area contributed by atoms with Gasteiger partial charge in [-0.3, -0.25) is 0 Å². The molecule has 128 valence electrons. The highest BCUT2D eigenvalue weighted by molar-refractivity contribution is 5.73. The molecule has 0 aliphatic carbocycles. The van der Waals surface area contributed by atoms with E-state index in [1.165, 1.54) is 11.9 Å². The van der Waals surface area contributed by atoms with Crippen LogP contribution in [0.15, 0.2) is 61.2 Å². The topological polar surface area (TPSA) is 71.8 Å². The third kappa shape index (κ3) is 5.17. The number of aryl methyl sites for hydroxylation is 1. The smallest absolute Gasteiger partial charge is 0.315 e. The summed E-state index contributed by atoms with van der Waals surface area (Å²) in [6, 6.07) is 16.0. The number of carbonyl (C=O) groups is 1. The number of rotatable bonds is 6. The summed E-state index contributed by atoms with van der Waals surface area (Å²) in [6.07, 6.45) is 3.21. The molecule has 0 spiro atoms. The highest BCUT2D eigenvalue weighted by Crippen LogP contribution is 2.06. The number of benzene rings is 2. The molecule has 1 aromatic heterocycles. The van der Waals surface area contributed by atoms with Crippen molar-refractivity contribution in [1.82, 2.24) is 25.4 Å². The van der Waals surface area contributed by atoms with Gasteiger partial charge in [-0.15, -0.1) is 0 Å². The van der Waals surface area contributed by atoms with Crippen LogP contribution in [0, 0.1) is 6.92 Å². The lowest BCUT2D eigenvalue weighted by Crippen LogP contribution is -2.34. The molecule has 0 radical (unpaired) electrons. The lowest BCUT2D eigenvalue weighted by atomic mass is 10.1. The molecule has 0 unspecified atom stereocenters. The maximum atomic E-state index is 11.9. The Morgan fingerprint density at radius 1 is 1.00 bits per heavy atom. The van der Waals surface area contributed by atoms with Gasteiger partial charge in [0.1, 0.15) is 12.7 Å². The van der Waals surface area contributed by atoms with Crippen molar-refractivity contribution in [3.05, 3.63) is 83.4 Å². The van der Waals surface area contributed by atoms with Crippen molar-refractivity contribution in [2.45, 2.75) is 26.6 Å². The molecule has 0 bridgehead atoms. The van der Waals surface area contributed by atoms with Crippen molar-refractivity contribution < 1.29 is 4.79 Å². The first-order valence-corrected chi connectivity index (χ1v) is 8.16. The molecule has 1 heterocycles. The number of amides is 2. The van der Waals surface area contributed by atoms with Crippen LogP contribution in [0.25, 0.3) is 0 Å². The quantitative estimate of drug-likeness (QED) is 0.727. The molecule has 25 heavy (non-hydrogen) atoms. The summed E-state index contributed by atoms with van der Waals surface area (Å²) in [5.41, 5.74) is 4.46. The summed E-state index contributed by atoms with van der Waals surface area (Å²) in [4.78, 5) is 15.8. The largest absolute Gasteiger partial charge is 0.334 e. The zero-order valence-electron chi connectivity index (χ0n) is 14.1. The fourth-order valence-electron chi connectivity index (χ4n) is 2.51. The molecule has 0 aliphatic rings. The summed E-state index contributed by atoms with van der Waals surface area (Å²) in [6.45, 7) is 3.73. The van der Waals surface area contributed by atoms with Gasteiger partial charge in [0, 0.05) is 13.1 Å². The van der Waals surface area contributed by atoms with E-state index >= 15 is 0 Å². The summed E-state index contributed by atoms with van der Waals surface area (Å²) >= 11 is 0. The molecule has 0 saturated heterocycles. The molecule has 3 rings (SSSR count). The number of hydrogen-bond donors (Lipinski definition) is 2. The highest BCUT2D eigenvalue weighted by atomic mass is 16.2. The van der Waals surface area contributed by atoms with Gasteiger partial charge in [0.05, 0.1) is 6.54 Å². The zero-order valence-corrected chi connectivity index (χ0v) is 14.1. The van der Waals surface area contributed by atoms with Gasteiger partial charge in [0.15, 0.2) is 0 Å². The lowest BCUT2D eigenvalue weighted by molar-refractivity contribution is 0.240. The van der Waals surface area contributed by atoms with E-state index in [9.17, 15) is 4.79 Å². The van der Waals surface area contributed by atoms with Crippen LogP contribution >= 0.6 is 0 Å². The van der Waals surface area contributed by atoms with Gasteiger partial charge in [0.25, 0.3) is 0 Å². The van der Waals surface area contributed by atoms with Crippen molar-refractivity contribution in [1.29, 1.82) is 0 Å². The van der Waals surface area contributed by atoms with E-state index in [2.05, 4.69) is 26.8 Å². The molecule has 3 aromatic rings. The van der Waals surface area contributed by atoms with Crippen molar-refractivity contribution in [2.75, 3.05) is 0 Å². The maximum absolute atomic E-state index is 11.9. The third-order valence-corrected chi connectivity index (χ3v) is 3.82. The predicted octanol–water partition coefficient (Wildman–Crippen LogP) is 2.63. The summed E-state index contributed by atoms with van der Waals surface area (Å²) in [7, 11) is 0. The number of carbonyl (C=O) groups excluding carboxylic acids is 1. The second-order valence-corrected chi connectivity index (χ2v) is 5.93. The summed E-state index contributed by atoms with van der Waals surface area (Å²) < 4.78 is 1.77. The van der Waals surface area contributed by atoms with Gasteiger partial charge in [-0.25, -0.2) is 14.5 Å². The van der Waals surface area contributed by atoms with Gasteiger partial charge in [0.2, 0.25) is 0 Å². The molecular weight excluding hydrogens is 314 g/mol. The van der Waals surface area contributed by atoms with Gasteiger partial charge in [-0.2, -0.15) is 5.10 Å². The number of urea groups is 1. The van der Waals surface area contributed by atoms with Crippen LogP contribution < -0.4 is 10.6 Å². The number of hydrogen-bond acceptors (Lipinski definition) is 3. The molecule has 2 N–H and O–H groups in total. The van der Waals surface area contributed by atoms with Crippen molar-refractivity contribution in [3.63, 3.8) is 0 Å². The van der Waals surface area contributed by atoms with E-state index in [1.54, 1.807) is 11.0 Å². The van der Waals surface area contributed by atoms with E-state index in [0.29, 0.717) is 19.6 Å². The molecule has 0 fully saturated rings. The predicted molar refractivity (Wildman–Crippen MR) is 95.8 cm³/mol. The molecule has 6 nitrogen and oxygen atoms in total. The van der Waals surface area contributed by atoms with E-state index in [4.69, 9.17) is 0 Å². The Kier molecular flexibility index (Phi) is 5.41. The van der Waals surface area contributed by atoms with Crippen molar-refractivity contribution in [3.8, 4) is 0 Å². The SMILES string of the molecule is Cc1cccc(CNC(=O)NCc2ccc(Cn3cncn3)cc2)c1. The van der Waals surface area contributed by atoms with Crippen LogP contribution in [0.5, 0.6) is 0 Å². The van der Waals surface area contributed by atoms with E-state index < -0.39 is 0 Å². The van der Waals surface area contributed by atoms with Crippen LogP contribution in [0.2, 0.25) is 0 Å². The molecule has 2 aromatic carbocycles. The number of nitrogens with one attached hydrogen (secondary N) is 2. The minimum atomic E-state index is -0.173. The zero-order chi connectivity index (χ0) is 17.5. The lowest BCUT2D eigenvalue weighted by Gasteiger charge is -2.09. The molecular formula is C19H21N5O. The second-order valence-electron chi connectivity index (χ2n) is 5.93. The van der Waals surface area contributed by atoms with Gasteiger partial charge < -0.3 is 10.6 Å². The average Bonchev–Trinajstić information content (AvgIpc) is 3.12. The Balaban J connectivity index is 1.44. The van der Waals surface area contributed by atoms with Crippen LogP contribution in [-0.4, -0.2) is 20.8 Å². The van der Waals surface area contributed by atoms with Crippen molar-refractivity contribution >= 4 is 6.03 Å². The van der Waals surface area contributed by atoms with Gasteiger partial charge in [-0.05, 0) is 23.6 Å². The summed E-state index contributed by atoms with van der Waals surface area (Å²) in [5.74, 6) is 0. The number of nitrogens with zero attached hydrogens (tertiary/aromatic N) is 3. The minimum absolute atomic E-state index is 0.173. The highest BCUT2D eigenvalue weighted by Gasteiger charge is 2.02. The minimum Gasteiger partial charge on any atom is -0.334 e. The monoisotopic (exact) mass is 335 g/mol. The first-order chi connectivity index (χ1) is 12.2. The summed E-state index contributed by atoms with van der Waals surface area (Å²) in [5, 5.41) is 9.82. The molecule has 2 amide bonds.